The molecule has 1 aromatic heterocycles. The molecule has 1 aromatic carbocycles. The van der Waals surface area contributed by atoms with Crippen LogP contribution in [0, 0.1) is 5.92 Å². The van der Waals surface area contributed by atoms with Crippen molar-refractivity contribution in [3.63, 3.8) is 0 Å². The van der Waals surface area contributed by atoms with Crippen LogP contribution in [0.3, 0.4) is 0 Å². The van der Waals surface area contributed by atoms with Crippen LogP contribution >= 0.6 is 0 Å². The molecule has 2 heterocycles. The molecule has 1 aliphatic heterocycles. The third-order valence-corrected chi connectivity index (χ3v) is 5.48. The minimum atomic E-state index is -0.00848. The van der Waals surface area contributed by atoms with E-state index in [-0.39, 0.29) is 17.7 Å². The standard InChI is InChI=1S/C19H24N4O/c1-23-12-15(9-22-23)17-10-20-11-18(17)19(24)21-8-14-7-6-13-4-2-3-5-16(13)14/h2-5,9,12,14,17-18,20H,6-8,10-11H2,1H3,(H,21,24)/t14?,17-,18+/m1/s1. The van der Waals surface area contributed by atoms with Crippen molar-refractivity contribution in [3.05, 3.63) is 53.3 Å². The van der Waals surface area contributed by atoms with E-state index in [4.69, 9.17) is 0 Å². The second-order valence-corrected chi connectivity index (χ2v) is 7.00. The highest BCUT2D eigenvalue weighted by Crippen LogP contribution is 2.33. The van der Waals surface area contributed by atoms with Gasteiger partial charge in [0.15, 0.2) is 0 Å². The van der Waals surface area contributed by atoms with Crippen molar-refractivity contribution in [1.82, 2.24) is 20.4 Å². The van der Waals surface area contributed by atoms with Gasteiger partial charge in [-0.1, -0.05) is 24.3 Å². The first-order chi connectivity index (χ1) is 11.7. The zero-order valence-corrected chi connectivity index (χ0v) is 14.0. The van der Waals surface area contributed by atoms with Crippen LogP contribution in [-0.2, 0) is 18.3 Å². The average Bonchev–Trinajstić information content (AvgIpc) is 3.31. The monoisotopic (exact) mass is 324 g/mol. The van der Waals surface area contributed by atoms with E-state index in [1.807, 2.05) is 19.4 Å². The number of fused-ring (bicyclic) bond motifs is 1. The van der Waals surface area contributed by atoms with E-state index < -0.39 is 0 Å². The lowest BCUT2D eigenvalue weighted by Gasteiger charge is -2.19. The maximum absolute atomic E-state index is 12.7. The Morgan fingerprint density at radius 1 is 1.38 bits per heavy atom. The van der Waals surface area contributed by atoms with Gasteiger partial charge in [0.25, 0.3) is 0 Å². The van der Waals surface area contributed by atoms with E-state index in [2.05, 4.69) is 40.0 Å². The summed E-state index contributed by atoms with van der Waals surface area (Å²) in [7, 11) is 1.92. The van der Waals surface area contributed by atoms with Gasteiger partial charge in [-0.25, -0.2) is 0 Å². The smallest absolute Gasteiger partial charge is 0.225 e. The van der Waals surface area contributed by atoms with Crippen LogP contribution < -0.4 is 10.6 Å². The van der Waals surface area contributed by atoms with E-state index in [1.54, 1.807) is 4.68 Å². The van der Waals surface area contributed by atoms with E-state index in [0.29, 0.717) is 5.92 Å². The van der Waals surface area contributed by atoms with Gasteiger partial charge in [0, 0.05) is 44.7 Å². The molecule has 1 fully saturated rings. The third-order valence-electron chi connectivity index (χ3n) is 5.48. The van der Waals surface area contributed by atoms with Crippen molar-refractivity contribution in [1.29, 1.82) is 0 Å². The van der Waals surface area contributed by atoms with Gasteiger partial charge >= 0.3 is 0 Å². The summed E-state index contributed by atoms with van der Waals surface area (Å²) in [5, 5.41) is 10.8. The minimum Gasteiger partial charge on any atom is -0.355 e. The van der Waals surface area contributed by atoms with Crippen LogP contribution in [0.2, 0.25) is 0 Å². The summed E-state index contributed by atoms with van der Waals surface area (Å²) in [5.41, 5.74) is 3.99. The van der Waals surface area contributed by atoms with Crippen molar-refractivity contribution in [2.75, 3.05) is 19.6 Å². The molecular weight excluding hydrogens is 300 g/mol. The number of aryl methyl sites for hydroxylation is 2. The molecule has 5 heteroatoms. The number of aromatic nitrogens is 2. The molecule has 0 bridgehead atoms. The second-order valence-electron chi connectivity index (χ2n) is 7.00. The molecule has 1 aliphatic carbocycles. The lowest BCUT2D eigenvalue weighted by Crippen LogP contribution is -2.36. The molecule has 5 nitrogen and oxygen atoms in total. The van der Waals surface area contributed by atoms with Gasteiger partial charge in [-0.3, -0.25) is 9.48 Å². The number of benzene rings is 1. The quantitative estimate of drug-likeness (QED) is 0.897. The number of hydrogen-bond donors (Lipinski definition) is 2. The van der Waals surface area contributed by atoms with Crippen LogP contribution in [-0.4, -0.2) is 35.3 Å². The fourth-order valence-electron chi connectivity index (χ4n) is 4.15. The number of hydrogen-bond acceptors (Lipinski definition) is 3. The van der Waals surface area contributed by atoms with Gasteiger partial charge < -0.3 is 10.6 Å². The Morgan fingerprint density at radius 3 is 3.08 bits per heavy atom. The van der Waals surface area contributed by atoms with Gasteiger partial charge in [-0.2, -0.15) is 5.10 Å². The minimum absolute atomic E-state index is 0.00848. The molecule has 1 saturated heterocycles. The van der Waals surface area contributed by atoms with Crippen LogP contribution in [0.5, 0.6) is 0 Å². The van der Waals surface area contributed by atoms with Crippen molar-refractivity contribution in [3.8, 4) is 0 Å². The molecule has 2 N–H and O–H groups in total. The summed E-state index contributed by atoms with van der Waals surface area (Å²) >= 11 is 0. The Morgan fingerprint density at radius 2 is 2.25 bits per heavy atom. The normalized spacial score (nSPS) is 25.6. The molecule has 2 aliphatic rings. The predicted molar refractivity (Wildman–Crippen MR) is 92.8 cm³/mol. The summed E-state index contributed by atoms with van der Waals surface area (Å²) in [6.45, 7) is 2.33. The summed E-state index contributed by atoms with van der Waals surface area (Å²) in [6.07, 6.45) is 6.16. The van der Waals surface area contributed by atoms with E-state index in [9.17, 15) is 4.79 Å². The SMILES string of the molecule is Cn1cc([C@H]2CNC[C@@H]2C(=O)NCC2CCc3ccccc32)cn1. The summed E-state index contributed by atoms with van der Waals surface area (Å²) in [5.74, 6) is 0.829. The number of rotatable bonds is 4. The first-order valence-corrected chi connectivity index (χ1v) is 8.77. The molecule has 24 heavy (non-hydrogen) atoms. The number of amides is 1. The van der Waals surface area contributed by atoms with E-state index >= 15 is 0 Å². The van der Waals surface area contributed by atoms with Crippen molar-refractivity contribution >= 4 is 5.91 Å². The van der Waals surface area contributed by atoms with Crippen LogP contribution in [0.25, 0.3) is 0 Å². The Hall–Kier alpha value is -2.14. The zero-order chi connectivity index (χ0) is 16.5. The van der Waals surface area contributed by atoms with Gasteiger partial charge in [0.05, 0.1) is 12.1 Å². The number of nitrogens with zero attached hydrogens (tertiary/aromatic N) is 2. The first-order valence-electron chi connectivity index (χ1n) is 8.77. The summed E-state index contributed by atoms with van der Waals surface area (Å²) in [6, 6.07) is 8.60. The largest absolute Gasteiger partial charge is 0.355 e. The number of nitrogens with one attached hydrogen (secondary N) is 2. The van der Waals surface area contributed by atoms with Gasteiger partial charge in [0.2, 0.25) is 5.91 Å². The topological polar surface area (TPSA) is 59.0 Å². The first kappa shape index (κ1) is 15.4. The molecule has 0 radical (unpaired) electrons. The van der Waals surface area contributed by atoms with Crippen LogP contribution in [0.15, 0.2) is 36.7 Å². The fraction of sp³-hybridized carbons (Fsp3) is 0.474. The third kappa shape index (κ3) is 2.84. The zero-order valence-electron chi connectivity index (χ0n) is 14.0. The van der Waals surface area contributed by atoms with Crippen LogP contribution in [0.1, 0.15) is 34.9 Å². The highest BCUT2D eigenvalue weighted by Gasteiger charge is 2.35. The van der Waals surface area contributed by atoms with Crippen molar-refractivity contribution < 1.29 is 4.79 Å². The Kier molecular flexibility index (Phi) is 4.10. The molecule has 2 aromatic rings. The molecular formula is C19H24N4O. The highest BCUT2D eigenvalue weighted by atomic mass is 16.1. The van der Waals surface area contributed by atoms with E-state index in [0.717, 1.165) is 38.0 Å². The number of carbonyl (C=O) groups is 1. The molecule has 0 spiro atoms. The summed E-state index contributed by atoms with van der Waals surface area (Å²) in [4.78, 5) is 12.7. The van der Waals surface area contributed by atoms with Crippen LogP contribution in [0.4, 0.5) is 0 Å². The average molecular weight is 324 g/mol. The lowest BCUT2D eigenvalue weighted by atomic mass is 9.90. The maximum atomic E-state index is 12.7. The van der Waals surface area contributed by atoms with E-state index in [1.165, 1.54) is 11.1 Å². The Labute approximate surface area is 142 Å². The van der Waals surface area contributed by atoms with Gasteiger partial charge in [0.1, 0.15) is 0 Å². The van der Waals surface area contributed by atoms with Crippen molar-refractivity contribution in [2.45, 2.75) is 24.7 Å². The van der Waals surface area contributed by atoms with Crippen molar-refractivity contribution in [2.24, 2.45) is 13.0 Å². The molecule has 3 atom stereocenters. The van der Waals surface area contributed by atoms with Gasteiger partial charge in [-0.15, -0.1) is 0 Å². The highest BCUT2D eigenvalue weighted by molar-refractivity contribution is 5.80. The molecule has 1 unspecified atom stereocenters. The molecule has 0 saturated carbocycles. The maximum Gasteiger partial charge on any atom is 0.225 e. The Balaban J connectivity index is 1.39. The predicted octanol–water partition coefficient (Wildman–Crippen LogP) is 1.57. The fourth-order valence-corrected chi connectivity index (χ4v) is 4.15. The summed E-state index contributed by atoms with van der Waals surface area (Å²) < 4.78 is 1.80. The molecule has 1 amide bonds. The Bertz CT molecular complexity index is 738. The van der Waals surface area contributed by atoms with Gasteiger partial charge in [-0.05, 0) is 29.5 Å². The molecule has 126 valence electrons. The second kappa shape index (κ2) is 6.40. The lowest BCUT2D eigenvalue weighted by molar-refractivity contribution is -0.124. The number of carbonyl (C=O) groups excluding carboxylic acids is 1. The molecule has 4 rings (SSSR count).